The van der Waals surface area contributed by atoms with Gasteiger partial charge >= 0.3 is 0 Å². The van der Waals surface area contributed by atoms with Gasteiger partial charge in [-0.2, -0.15) is 0 Å². The Morgan fingerprint density at radius 3 is 2.40 bits per heavy atom. The maximum Gasteiger partial charge on any atom is 0.0410 e. The van der Waals surface area contributed by atoms with Gasteiger partial charge < -0.3 is 5.73 Å². The van der Waals surface area contributed by atoms with E-state index in [1.54, 1.807) is 0 Å². The van der Waals surface area contributed by atoms with Gasteiger partial charge in [-0.05, 0) is 25.8 Å². The maximum absolute atomic E-state index is 11.7. The Morgan fingerprint density at radius 1 is 1.27 bits per heavy atom. The third-order valence-electron chi connectivity index (χ3n) is 1.99. The lowest BCUT2D eigenvalue weighted by Crippen LogP contribution is -2.38. The standard InChI is InChI=1S/C12H19NOS/c1-12(2,13)10-15(14)9-8-11-6-4-3-5-7-11/h3-7H,8-10,13H2,1-2H3. The lowest BCUT2D eigenvalue weighted by Gasteiger charge is -2.17. The highest BCUT2D eigenvalue weighted by Crippen LogP contribution is 2.04. The lowest BCUT2D eigenvalue weighted by molar-refractivity contribution is 0.577. The van der Waals surface area contributed by atoms with Crippen molar-refractivity contribution < 1.29 is 4.21 Å². The summed E-state index contributed by atoms with van der Waals surface area (Å²) in [5.74, 6) is 1.27. The minimum absolute atomic E-state index is 0.332. The molecule has 1 aromatic carbocycles. The zero-order chi connectivity index (χ0) is 11.3. The predicted molar refractivity (Wildman–Crippen MR) is 66.3 cm³/mol. The van der Waals surface area contributed by atoms with Crippen LogP contribution in [-0.4, -0.2) is 21.3 Å². The number of hydrogen-bond donors (Lipinski definition) is 1. The molecule has 0 bridgehead atoms. The molecule has 0 saturated heterocycles. The third-order valence-corrected chi connectivity index (χ3v) is 3.72. The van der Waals surface area contributed by atoms with Crippen molar-refractivity contribution in [3.8, 4) is 0 Å². The third kappa shape index (κ3) is 5.70. The maximum atomic E-state index is 11.7. The molecule has 1 atom stereocenters. The number of rotatable bonds is 5. The SMILES string of the molecule is CC(C)(N)CS(=O)CCc1ccccc1. The summed E-state index contributed by atoms with van der Waals surface area (Å²) in [7, 11) is -0.815. The van der Waals surface area contributed by atoms with Crippen LogP contribution >= 0.6 is 0 Å². The molecule has 1 unspecified atom stereocenters. The molecule has 15 heavy (non-hydrogen) atoms. The highest BCUT2D eigenvalue weighted by Gasteiger charge is 2.14. The summed E-state index contributed by atoms with van der Waals surface area (Å²) in [5, 5.41) is 0. The smallest absolute Gasteiger partial charge is 0.0410 e. The summed E-state index contributed by atoms with van der Waals surface area (Å²) in [6.45, 7) is 3.82. The Bertz CT molecular complexity index is 316. The van der Waals surface area contributed by atoms with Gasteiger partial charge in [0, 0.05) is 27.8 Å². The minimum atomic E-state index is -0.815. The first-order valence-corrected chi connectivity index (χ1v) is 6.64. The average molecular weight is 225 g/mol. The first-order valence-electron chi connectivity index (χ1n) is 5.15. The summed E-state index contributed by atoms with van der Waals surface area (Å²) in [6, 6.07) is 10.1. The summed E-state index contributed by atoms with van der Waals surface area (Å²) < 4.78 is 11.7. The van der Waals surface area contributed by atoms with Crippen LogP contribution in [0.25, 0.3) is 0 Å². The highest BCUT2D eigenvalue weighted by atomic mass is 32.2. The van der Waals surface area contributed by atoms with Crippen molar-refractivity contribution in [2.75, 3.05) is 11.5 Å². The van der Waals surface area contributed by atoms with E-state index < -0.39 is 10.8 Å². The number of nitrogens with two attached hydrogens (primary N) is 1. The van der Waals surface area contributed by atoms with E-state index in [0.717, 1.165) is 6.42 Å². The first kappa shape index (κ1) is 12.4. The quantitative estimate of drug-likeness (QED) is 0.829. The van der Waals surface area contributed by atoms with Gasteiger partial charge in [-0.3, -0.25) is 4.21 Å². The van der Waals surface area contributed by atoms with Crippen molar-refractivity contribution >= 4 is 10.8 Å². The molecule has 0 heterocycles. The van der Waals surface area contributed by atoms with Gasteiger partial charge in [0.05, 0.1) is 0 Å². The molecule has 0 aromatic heterocycles. The van der Waals surface area contributed by atoms with Crippen LogP contribution in [0.4, 0.5) is 0 Å². The van der Waals surface area contributed by atoms with Crippen molar-refractivity contribution in [2.24, 2.45) is 5.73 Å². The van der Waals surface area contributed by atoms with Crippen LogP contribution in [0.5, 0.6) is 0 Å². The van der Waals surface area contributed by atoms with Crippen LogP contribution in [0, 0.1) is 0 Å². The van der Waals surface area contributed by atoms with Gasteiger partial charge in [-0.1, -0.05) is 30.3 Å². The summed E-state index contributed by atoms with van der Waals surface area (Å²) in [4.78, 5) is 0. The molecule has 1 rings (SSSR count). The van der Waals surface area contributed by atoms with Crippen molar-refractivity contribution in [3.63, 3.8) is 0 Å². The molecule has 0 saturated carbocycles. The second-order valence-electron chi connectivity index (χ2n) is 4.51. The molecule has 0 aliphatic carbocycles. The van der Waals surface area contributed by atoms with Crippen molar-refractivity contribution in [2.45, 2.75) is 25.8 Å². The summed E-state index contributed by atoms with van der Waals surface area (Å²) >= 11 is 0. The van der Waals surface area contributed by atoms with Crippen LogP contribution in [0.3, 0.4) is 0 Å². The second-order valence-corrected chi connectivity index (χ2v) is 6.09. The van der Waals surface area contributed by atoms with Crippen LogP contribution in [0.2, 0.25) is 0 Å². The molecule has 0 radical (unpaired) electrons. The molecule has 0 spiro atoms. The zero-order valence-corrected chi connectivity index (χ0v) is 10.2. The Hall–Kier alpha value is -0.670. The van der Waals surface area contributed by atoms with Crippen LogP contribution < -0.4 is 5.73 Å². The Balaban J connectivity index is 2.35. The number of hydrogen-bond acceptors (Lipinski definition) is 2. The van der Waals surface area contributed by atoms with Gasteiger partial charge in [0.1, 0.15) is 0 Å². The molecule has 3 heteroatoms. The van der Waals surface area contributed by atoms with Gasteiger partial charge in [0.25, 0.3) is 0 Å². The van der Waals surface area contributed by atoms with Gasteiger partial charge in [0.2, 0.25) is 0 Å². The van der Waals surface area contributed by atoms with Gasteiger partial charge in [-0.15, -0.1) is 0 Å². The topological polar surface area (TPSA) is 43.1 Å². The Labute approximate surface area is 94.3 Å². The van der Waals surface area contributed by atoms with Crippen LogP contribution in [0.15, 0.2) is 30.3 Å². The van der Waals surface area contributed by atoms with E-state index in [2.05, 4.69) is 12.1 Å². The van der Waals surface area contributed by atoms with E-state index in [4.69, 9.17) is 5.73 Å². The van der Waals surface area contributed by atoms with Crippen molar-refractivity contribution in [3.05, 3.63) is 35.9 Å². The monoisotopic (exact) mass is 225 g/mol. The van der Waals surface area contributed by atoms with Crippen molar-refractivity contribution in [1.82, 2.24) is 0 Å². The second kappa shape index (κ2) is 5.42. The molecular weight excluding hydrogens is 206 g/mol. The molecule has 1 aromatic rings. The lowest BCUT2D eigenvalue weighted by atomic mass is 10.1. The fraction of sp³-hybridized carbons (Fsp3) is 0.500. The summed E-state index contributed by atoms with van der Waals surface area (Å²) in [6.07, 6.45) is 0.865. The summed E-state index contributed by atoms with van der Waals surface area (Å²) in [5.41, 5.74) is 6.72. The van der Waals surface area contributed by atoms with Crippen molar-refractivity contribution in [1.29, 1.82) is 0 Å². The molecule has 0 amide bonds. The van der Waals surface area contributed by atoms with E-state index in [1.807, 2.05) is 32.0 Å². The van der Waals surface area contributed by atoms with Crippen LogP contribution in [-0.2, 0) is 17.2 Å². The highest BCUT2D eigenvalue weighted by molar-refractivity contribution is 7.85. The first-order chi connectivity index (χ1) is 6.97. The Kier molecular flexibility index (Phi) is 4.48. The molecular formula is C12H19NOS. The van der Waals surface area contributed by atoms with E-state index in [0.29, 0.717) is 11.5 Å². The molecule has 2 N–H and O–H groups in total. The fourth-order valence-electron chi connectivity index (χ4n) is 1.36. The largest absolute Gasteiger partial charge is 0.325 e. The van der Waals surface area contributed by atoms with Gasteiger partial charge in [-0.25, -0.2) is 0 Å². The zero-order valence-electron chi connectivity index (χ0n) is 9.40. The van der Waals surface area contributed by atoms with E-state index in [1.165, 1.54) is 5.56 Å². The number of aryl methyl sites for hydroxylation is 1. The molecule has 0 aliphatic heterocycles. The molecule has 84 valence electrons. The van der Waals surface area contributed by atoms with Crippen LogP contribution in [0.1, 0.15) is 19.4 Å². The molecule has 2 nitrogen and oxygen atoms in total. The van der Waals surface area contributed by atoms with E-state index in [-0.39, 0.29) is 5.54 Å². The van der Waals surface area contributed by atoms with E-state index >= 15 is 0 Å². The van der Waals surface area contributed by atoms with Gasteiger partial charge in [0.15, 0.2) is 0 Å². The minimum Gasteiger partial charge on any atom is -0.325 e. The predicted octanol–water partition coefficient (Wildman–Crippen LogP) is 1.72. The normalized spacial score (nSPS) is 13.8. The average Bonchev–Trinajstić information content (AvgIpc) is 2.14. The molecule has 0 aliphatic rings. The van der Waals surface area contributed by atoms with E-state index in [9.17, 15) is 4.21 Å². The number of benzene rings is 1. The fourth-order valence-corrected chi connectivity index (χ4v) is 2.80. The Morgan fingerprint density at radius 2 is 1.87 bits per heavy atom. The molecule has 0 fully saturated rings.